The van der Waals surface area contributed by atoms with Crippen molar-refractivity contribution in [1.82, 2.24) is 29.3 Å². The lowest BCUT2D eigenvalue weighted by atomic mass is 9.86. The predicted molar refractivity (Wildman–Crippen MR) is 162 cm³/mol. The average Bonchev–Trinajstić information content (AvgIpc) is 3.35. The second kappa shape index (κ2) is 10.9. The normalized spacial score (nSPS) is 12.2. The Kier molecular flexibility index (Phi) is 7.53. The van der Waals surface area contributed by atoms with Gasteiger partial charge >= 0.3 is 0 Å². The van der Waals surface area contributed by atoms with Crippen molar-refractivity contribution in [1.29, 1.82) is 0 Å². The van der Waals surface area contributed by atoms with Crippen molar-refractivity contribution in [2.45, 2.75) is 58.8 Å². The molecule has 3 aromatic heterocycles. The van der Waals surface area contributed by atoms with E-state index >= 15 is 4.39 Å². The lowest BCUT2D eigenvalue weighted by Crippen LogP contribution is -2.26. The van der Waals surface area contributed by atoms with Gasteiger partial charge in [-0.25, -0.2) is 9.07 Å². The first-order chi connectivity index (χ1) is 20.2. The van der Waals surface area contributed by atoms with E-state index in [4.69, 9.17) is 0 Å². The molecule has 11 nitrogen and oxygen atoms in total. The van der Waals surface area contributed by atoms with Crippen LogP contribution in [0.2, 0.25) is 0 Å². The maximum absolute atomic E-state index is 15.3. The summed E-state index contributed by atoms with van der Waals surface area (Å²) in [7, 11) is 1.50. The molecule has 5 aromatic rings. The molecule has 0 aliphatic rings. The van der Waals surface area contributed by atoms with Crippen LogP contribution in [0, 0.1) is 5.82 Å². The number of halogens is 1. The highest BCUT2D eigenvalue weighted by atomic mass is 19.1. The van der Waals surface area contributed by atoms with Gasteiger partial charge in [-0.15, -0.1) is 0 Å². The first kappa shape index (κ1) is 29.8. The summed E-state index contributed by atoms with van der Waals surface area (Å²) in [5.41, 5.74) is -0.120. The number of hydrogen-bond donors (Lipinski definition) is 3. The van der Waals surface area contributed by atoms with E-state index in [9.17, 15) is 19.8 Å². The van der Waals surface area contributed by atoms with Gasteiger partial charge in [0.1, 0.15) is 11.5 Å². The number of aryl methyl sites for hydroxylation is 1. The molecule has 0 aliphatic carbocycles. The van der Waals surface area contributed by atoms with Gasteiger partial charge in [0.15, 0.2) is 5.82 Å². The summed E-state index contributed by atoms with van der Waals surface area (Å²) in [5, 5.41) is 36.9. The highest BCUT2D eigenvalue weighted by Crippen LogP contribution is 2.30. The van der Waals surface area contributed by atoms with Gasteiger partial charge in [-0.3, -0.25) is 14.3 Å². The molecule has 0 amide bonds. The molecule has 0 fully saturated rings. The SMILES string of the molecule is Cn1nc(-c2cccc(-n3ncc4cc(C(C)(C)C)cc(F)c4c3=O)c2CO)cc(Nc2ccn(CC(C)(C)O)n2)c1=O. The van der Waals surface area contributed by atoms with Crippen LogP contribution in [0.1, 0.15) is 45.7 Å². The maximum atomic E-state index is 15.3. The van der Waals surface area contributed by atoms with Crippen molar-refractivity contribution in [2.24, 2.45) is 7.05 Å². The standard InChI is InChI=1S/C31H34FN7O4/c1-30(2,3)19-12-18-15-33-39(29(42)27(18)22(32)13-19)25-9-7-8-20(21(25)16-40)23-14-24(28(41)37(6)35-23)34-26-10-11-38(36-26)17-31(4,5)43/h7-15,40,43H,16-17H2,1-6H3,(H,34,36). The smallest absolute Gasteiger partial charge is 0.290 e. The molecule has 43 heavy (non-hydrogen) atoms. The van der Waals surface area contributed by atoms with Gasteiger partial charge in [-0.05, 0) is 49.1 Å². The molecule has 0 atom stereocenters. The number of aliphatic hydroxyl groups excluding tert-OH is 1. The second-order valence-electron chi connectivity index (χ2n) is 12.2. The van der Waals surface area contributed by atoms with Gasteiger partial charge in [0.2, 0.25) is 0 Å². The summed E-state index contributed by atoms with van der Waals surface area (Å²) in [6.45, 7) is 8.98. The first-order valence-corrected chi connectivity index (χ1v) is 13.7. The van der Waals surface area contributed by atoms with Crippen molar-refractivity contribution in [3.05, 3.63) is 92.5 Å². The quantitative estimate of drug-likeness (QED) is 0.261. The molecular weight excluding hydrogens is 553 g/mol. The zero-order valence-electron chi connectivity index (χ0n) is 24.9. The summed E-state index contributed by atoms with van der Waals surface area (Å²) in [6, 6.07) is 11.3. The van der Waals surface area contributed by atoms with E-state index in [0.29, 0.717) is 28.0 Å². The van der Waals surface area contributed by atoms with Gasteiger partial charge in [0, 0.05) is 35.8 Å². The zero-order chi connectivity index (χ0) is 31.3. The molecule has 0 aliphatic heterocycles. The number of hydrogen-bond acceptors (Lipinski definition) is 8. The third kappa shape index (κ3) is 5.97. The van der Waals surface area contributed by atoms with Crippen molar-refractivity contribution < 1.29 is 14.6 Å². The van der Waals surface area contributed by atoms with Gasteiger partial charge in [-0.2, -0.15) is 20.0 Å². The highest BCUT2D eigenvalue weighted by molar-refractivity contribution is 5.83. The molecule has 5 rings (SSSR count). The number of nitrogens with zero attached hydrogens (tertiary/aromatic N) is 6. The Bertz CT molecular complexity index is 1960. The number of nitrogens with one attached hydrogen (secondary N) is 1. The van der Waals surface area contributed by atoms with Crippen LogP contribution in [0.15, 0.2) is 64.4 Å². The summed E-state index contributed by atoms with van der Waals surface area (Å²) in [4.78, 5) is 26.5. The molecule has 12 heteroatoms. The number of aliphatic hydroxyl groups is 2. The predicted octanol–water partition coefficient (Wildman–Crippen LogP) is 3.79. The van der Waals surface area contributed by atoms with Crippen LogP contribution >= 0.6 is 0 Å². The van der Waals surface area contributed by atoms with E-state index in [0.717, 1.165) is 14.9 Å². The molecule has 224 valence electrons. The summed E-state index contributed by atoms with van der Waals surface area (Å²) in [5.74, 6) is -0.260. The van der Waals surface area contributed by atoms with Crippen LogP contribution in [0.5, 0.6) is 0 Å². The average molecular weight is 588 g/mol. The monoisotopic (exact) mass is 587 g/mol. The van der Waals surface area contributed by atoms with Crippen LogP contribution in [0.4, 0.5) is 15.9 Å². The van der Waals surface area contributed by atoms with Crippen LogP contribution in [0.25, 0.3) is 27.7 Å². The third-order valence-electron chi connectivity index (χ3n) is 7.03. The minimum atomic E-state index is -0.974. The van der Waals surface area contributed by atoms with Crippen LogP contribution < -0.4 is 16.4 Å². The summed E-state index contributed by atoms with van der Waals surface area (Å²) < 4.78 is 19.1. The Morgan fingerprint density at radius 2 is 1.74 bits per heavy atom. The number of aromatic nitrogens is 6. The molecular formula is C31H34FN7O4. The van der Waals surface area contributed by atoms with Gasteiger partial charge < -0.3 is 15.5 Å². The molecule has 0 unspecified atom stereocenters. The lowest BCUT2D eigenvalue weighted by molar-refractivity contribution is 0.0578. The molecule has 0 bridgehead atoms. The first-order valence-electron chi connectivity index (χ1n) is 13.7. The number of anilines is 2. The van der Waals surface area contributed by atoms with E-state index in [-0.39, 0.29) is 28.7 Å². The highest BCUT2D eigenvalue weighted by Gasteiger charge is 2.21. The topological polar surface area (TPSA) is 140 Å². The number of rotatable bonds is 7. The molecule has 2 aromatic carbocycles. The van der Waals surface area contributed by atoms with Crippen molar-refractivity contribution in [3.63, 3.8) is 0 Å². The Hall–Kier alpha value is -4.68. The summed E-state index contributed by atoms with van der Waals surface area (Å²) >= 11 is 0. The number of fused-ring (bicyclic) bond motifs is 1. The maximum Gasteiger partial charge on any atom is 0.290 e. The Labute approximate surface area is 246 Å². The zero-order valence-corrected chi connectivity index (χ0v) is 24.9. The fraction of sp³-hybridized carbons (Fsp3) is 0.323. The Morgan fingerprint density at radius 3 is 2.42 bits per heavy atom. The van der Waals surface area contributed by atoms with Crippen LogP contribution in [0.3, 0.4) is 0 Å². The second-order valence-corrected chi connectivity index (χ2v) is 12.2. The van der Waals surface area contributed by atoms with E-state index in [1.807, 2.05) is 20.8 Å². The van der Waals surface area contributed by atoms with Gasteiger partial charge in [-0.1, -0.05) is 32.9 Å². The van der Waals surface area contributed by atoms with E-state index in [1.54, 1.807) is 55.1 Å². The van der Waals surface area contributed by atoms with Crippen LogP contribution in [-0.4, -0.2) is 45.2 Å². The number of benzene rings is 2. The molecule has 0 spiro atoms. The fourth-order valence-electron chi connectivity index (χ4n) is 4.90. The largest absolute Gasteiger partial charge is 0.392 e. The lowest BCUT2D eigenvalue weighted by Gasteiger charge is -2.20. The molecule has 3 heterocycles. The van der Waals surface area contributed by atoms with E-state index < -0.39 is 29.1 Å². The van der Waals surface area contributed by atoms with Gasteiger partial charge in [0.05, 0.1) is 41.7 Å². The van der Waals surface area contributed by atoms with E-state index in [1.165, 1.54) is 25.4 Å². The van der Waals surface area contributed by atoms with Gasteiger partial charge in [0.25, 0.3) is 11.1 Å². The Morgan fingerprint density at radius 1 is 1.00 bits per heavy atom. The minimum Gasteiger partial charge on any atom is -0.392 e. The molecule has 3 N–H and O–H groups in total. The molecule has 0 radical (unpaired) electrons. The fourth-order valence-corrected chi connectivity index (χ4v) is 4.90. The van der Waals surface area contributed by atoms with E-state index in [2.05, 4.69) is 20.6 Å². The van der Waals surface area contributed by atoms with Crippen molar-refractivity contribution >= 4 is 22.3 Å². The van der Waals surface area contributed by atoms with Crippen molar-refractivity contribution in [3.8, 4) is 16.9 Å². The van der Waals surface area contributed by atoms with Crippen LogP contribution in [-0.2, 0) is 25.6 Å². The summed E-state index contributed by atoms with van der Waals surface area (Å²) in [6.07, 6.45) is 3.12. The van der Waals surface area contributed by atoms with Crippen molar-refractivity contribution in [2.75, 3.05) is 5.32 Å². The third-order valence-corrected chi connectivity index (χ3v) is 7.03. The molecule has 0 saturated heterocycles. The minimum absolute atomic E-state index is 0.104. The Balaban J connectivity index is 1.59. The molecule has 0 saturated carbocycles.